The van der Waals surface area contributed by atoms with Crippen LogP contribution in [0.15, 0.2) is 36.2 Å². The van der Waals surface area contributed by atoms with Gasteiger partial charge in [0.15, 0.2) is 0 Å². The third kappa shape index (κ3) is 5.59. The number of hydrogen-bond acceptors (Lipinski definition) is 4. The molecule has 0 radical (unpaired) electrons. The molecule has 0 saturated carbocycles. The number of carbonyl (C=O) groups excluding carboxylic acids is 1. The molecule has 0 bridgehead atoms. The lowest BCUT2D eigenvalue weighted by Gasteiger charge is -2.03. The van der Waals surface area contributed by atoms with E-state index in [-0.39, 0.29) is 5.97 Å². The van der Waals surface area contributed by atoms with E-state index in [0.29, 0.717) is 18.8 Å². The lowest BCUT2D eigenvalue weighted by molar-refractivity contribution is -0.136. The molecule has 0 atom stereocenters. The van der Waals surface area contributed by atoms with E-state index >= 15 is 0 Å². The van der Waals surface area contributed by atoms with Gasteiger partial charge in [0, 0.05) is 24.6 Å². The summed E-state index contributed by atoms with van der Waals surface area (Å²) >= 11 is 0. The van der Waals surface area contributed by atoms with Gasteiger partial charge in [-0.1, -0.05) is 0 Å². The van der Waals surface area contributed by atoms with Gasteiger partial charge in [-0.05, 0) is 43.5 Å². The minimum Gasteiger partial charge on any atom is -0.466 e. The zero-order chi connectivity index (χ0) is 13.2. The lowest BCUT2D eigenvalue weighted by Crippen LogP contribution is -2.03. The molecular weight excluding hydrogens is 230 g/mol. The molecule has 0 aliphatic rings. The summed E-state index contributed by atoms with van der Waals surface area (Å²) in [5, 5.41) is 0. The maximum Gasteiger partial charge on any atom is 0.333 e. The van der Waals surface area contributed by atoms with E-state index in [4.69, 9.17) is 4.74 Å². The van der Waals surface area contributed by atoms with Crippen molar-refractivity contribution in [2.24, 2.45) is 0 Å². The molecule has 1 heterocycles. The third-order valence-electron chi connectivity index (χ3n) is 2.52. The predicted molar refractivity (Wildman–Crippen MR) is 69.2 cm³/mol. The molecule has 0 amide bonds. The first-order chi connectivity index (χ1) is 8.74. The third-order valence-corrected chi connectivity index (χ3v) is 2.52. The number of esters is 1. The molecule has 0 N–H and O–H groups in total. The summed E-state index contributed by atoms with van der Waals surface area (Å²) in [5.74, 6) is -0.310. The van der Waals surface area contributed by atoms with Gasteiger partial charge in [0.25, 0.3) is 0 Å². The van der Waals surface area contributed by atoms with Crippen LogP contribution in [-0.4, -0.2) is 31.3 Å². The van der Waals surface area contributed by atoms with Crippen molar-refractivity contribution in [1.29, 1.82) is 0 Å². The summed E-state index contributed by atoms with van der Waals surface area (Å²) in [6.45, 7) is 2.83. The van der Waals surface area contributed by atoms with Gasteiger partial charge in [-0.2, -0.15) is 0 Å². The number of carbonyl (C=O) groups is 1. The SMILES string of the molecule is COC(=O)C(C)=CCOCCCc1ccncc1. The van der Waals surface area contributed by atoms with E-state index in [9.17, 15) is 4.79 Å². The summed E-state index contributed by atoms with van der Waals surface area (Å²) in [7, 11) is 1.37. The minimum atomic E-state index is -0.310. The fourth-order valence-corrected chi connectivity index (χ4v) is 1.44. The molecule has 0 aromatic carbocycles. The highest BCUT2D eigenvalue weighted by atomic mass is 16.5. The Morgan fingerprint density at radius 3 is 2.78 bits per heavy atom. The van der Waals surface area contributed by atoms with Crippen molar-refractivity contribution in [3.8, 4) is 0 Å². The monoisotopic (exact) mass is 249 g/mol. The molecule has 1 rings (SSSR count). The first kappa shape index (κ1) is 14.4. The fraction of sp³-hybridized carbons (Fsp3) is 0.429. The molecular formula is C14H19NO3. The first-order valence-electron chi connectivity index (χ1n) is 5.95. The van der Waals surface area contributed by atoms with Crippen LogP contribution < -0.4 is 0 Å². The molecule has 4 nitrogen and oxygen atoms in total. The molecule has 1 aromatic heterocycles. The second-order valence-electron chi connectivity index (χ2n) is 3.91. The molecule has 18 heavy (non-hydrogen) atoms. The van der Waals surface area contributed by atoms with Crippen molar-refractivity contribution < 1.29 is 14.3 Å². The minimum absolute atomic E-state index is 0.310. The van der Waals surface area contributed by atoms with Gasteiger partial charge in [-0.15, -0.1) is 0 Å². The topological polar surface area (TPSA) is 48.4 Å². The average Bonchev–Trinajstić information content (AvgIpc) is 2.42. The average molecular weight is 249 g/mol. The van der Waals surface area contributed by atoms with Crippen LogP contribution in [0, 0.1) is 0 Å². The Hall–Kier alpha value is -1.68. The Labute approximate surface area is 108 Å². The number of pyridine rings is 1. The van der Waals surface area contributed by atoms with Crippen LogP contribution in [0.25, 0.3) is 0 Å². The molecule has 0 spiro atoms. The van der Waals surface area contributed by atoms with Crippen LogP contribution in [0.4, 0.5) is 0 Å². The zero-order valence-electron chi connectivity index (χ0n) is 10.9. The van der Waals surface area contributed by atoms with Crippen LogP contribution in [0.1, 0.15) is 18.9 Å². The van der Waals surface area contributed by atoms with E-state index in [2.05, 4.69) is 9.72 Å². The van der Waals surface area contributed by atoms with E-state index < -0.39 is 0 Å². The Kier molecular flexibility index (Phi) is 6.72. The fourth-order valence-electron chi connectivity index (χ4n) is 1.44. The first-order valence-corrected chi connectivity index (χ1v) is 5.95. The van der Waals surface area contributed by atoms with Crippen LogP contribution in [0.2, 0.25) is 0 Å². The number of ether oxygens (including phenoxy) is 2. The quantitative estimate of drug-likeness (QED) is 0.422. The Bertz CT molecular complexity index is 387. The highest BCUT2D eigenvalue weighted by Crippen LogP contribution is 2.01. The summed E-state index contributed by atoms with van der Waals surface area (Å²) in [4.78, 5) is 15.0. The molecule has 0 unspecified atom stereocenters. The van der Waals surface area contributed by atoms with Crippen molar-refractivity contribution in [3.63, 3.8) is 0 Å². The number of nitrogens with zero attached hydrogens (tertiary/aromatic N) is 1. The second kappa shape index (κ2) is 8.42. The Morgan fingerprint density at radius 2 is 2.11 bits per heavy atom. The van der Waals surface area contributed by atoms with Crippen LogP contribution in [-0.2, 0) is 20.7 Å². The highest BCUT2D eigenvalue weighted by molar-refractivity contribution is 5.87. The number of hydrogen-bond donors (Lipinski definition) is 0. The van der Waals surface area contributed by atoms with Gasteiger partial charge >= 0.3 is 5.97 Å². The summed E-state index contributed by atoms with van der Waals surface area (Å²) in [6, 6.07) is 4.00. The number of aryl methyl sites for hydroxylation is 1. The maximum absolute atomic E-state index is 11.1. The number of aromatic nitrogens is 1. The summed E-state index contributed by atoms with van der Waals surface area (Å²) < 4.78 is 10.0. The Morgan fingerprint density at radius 1 is 1.39 bits per heavy atom. The van der Waals surface area contributed by atoms with Crippen molar-refractivity contribution in [3.05, 3.63) is 41.7 Å². The van der Waals surface area contributed by atoms with Gasteiger partial charge in [0.2, 0.25) is 0 Å². The molecule has 0 aliphatic heterocycles. The smallest absolute Gasteiger partial charge is 0.333 e. The summed E-state index contributed by atoms with van der Waals surface area (Å²) in [5.41, 5.74) is 1.83. The van der Waals surface area contributed by atoms with Crippen molar-refractivity contribution in [2.45, 2.75) is 19.8 Å². The van der Waals surface area contributed by atoms with E-state index in [1.807, 2.05) is 12.1 Å². The lowest BCUT2D eigenvalue weighted by atomic mass is 10.1. The molecule has 0 fully saturated rings. The maximum atomic E-state index is 11.1. The molecule has 1 aromatic rings. The number of rotatable bonds is 7. The largest absolute Gasteiger partial charge is 0.466 e. The molecule has 0 saturated heterocycles. The van der Waals surface area contributed by atoms with Crippen molar-refractivity contribution in [2.75, 3.05) is 20.3 Å². The molecule has 4 heteroatoms. The van der Waals surface area contributed by atoms with Crippen LogP contribution >= 0.6 is 0 Å². The normalized spacial score (nSPS) is 11.3. The van der Waals surface area contributed by atoms with Crippen molar-refractivity contribution >= 4 is 5.97 Å². The van der Waals surface area contributed by atoms with E-state index in [0.717, 1.165) is 12.8 Å². The predicted octanol–water partition coefficient (Wildman–Crippen LogP) is 2.15. The van der Waals surface area contributed by atoms with Crippen molar-refractivity contribution in [1.82, 2.24) is 4.98 Å². The second-order valence-corrected chi connectivity index (χ2v) is 3.91. The summed E-state index contributed by atoms with van der Waals surface area (Å²) in [6.07, 6.45) is 7.24. The van der Waals surface area contributed by atoms with Crippen LogP contribution in [0.3, 0.4) is 0 Å². The Balaban J connectivity index is 2.11. The van der Waals surface area contributed by atoms with Gasteiger partial charge in [0.1, 0.15) is 0 Å². The standard InChI is InChI=1S/C14H19NO3/c1-12(14(16)17-2)7-11-18-10-3-4-13-5-8-15-9-6-13/h5-9H,3-4,10-11H2,1-2H3. The van der Waals surface area contributed by atoms with Gasteiger partial charge in [0.05, 0.1) is 13.7 Å². The van der Waals surface area contributed by atoms with Gasteiger partial charge in [-0.25, -0.2) is 4.79 Å². The van der Waals surface area contributed by atoms with E-state index in [1.165, 1.54) is 12.7 Å². The van der Waals surface area contributed by atoms with E-state index in [1.54, 1.807) is 25.4 Å². The van der Waals surface area contributed by atoms with Crippen LogP contribution in [0.5, 0.6) is 0 Å². The zero-order valence-corrected chi connectivity index (χ0v) is 10.9. The highest BCUT2D eigenvalue weighted by Gasteiger charge is 2.01. The van der Waals surface area contributed by atoms with Gasteiger partial charge < -0.3 is 9.47 Å². The van der Waals surface area contributed by atoms with Gasteiger partial charge in [-0.3, -0.25) is 4.98 Å². The molecule has 0 aliphatic carbocycles. The molecule has 98 valence electrons. The number of methoxy groups -OCH3 is 1.